The molecule has 1 aromatic heterocycles. The van der Waals surface area contributed by atoms with Crippen molar-refractivity contribution in [1.82, 2.24) is 4.98 Å². The van der Waals surface area contributed by atoms with Crippen LogP contribution in [-0.2, 0) is 19.3 Å². The van der Waals surface area contributed by atoms with E-state index in [0.717, 1.165) is 6.42 Å². The molecule has 0 aliphatic heterocycles. The summed E-state index contributed by atoms with van der Waals surface area (Å²) in [6.07, 6.45) is 6.06. The number of anilines is 1. The van der Waals surface area contributed by atoms with Gasteiger partial charge in [0.2, 0.25) is 0 Å². The SMILES string of the molecule is CCc1c(C)nc2c3c(ccc2c1NC)CCCC3. The molecule has 3 rings (SSSR count). The lowest BCUT2D eigenvalue weighted by atomic mass is 9.88. The molecule has 0 saturated heterocycles. The molecule has 2 heteroatoms. The molecule has 19 heavy (non-hydrogen) atoms. The minimum atomic E-state index is 1.03. The van der Waals surface area contributed by atoms with Crippen LogP contribution in [0.2, 0.25) is 0 Å². The van der Waals surface area contributed by atoms with Crippen LogP contribution in [0.3, 0.4) is 0 Å². The van der Waals surface area contributed by atoms with Crippen molar-refractivity contribution in [2.45, 2.75) is 46.0 Å². The van der Waals surface area contributed by atoms with Gasteiger partial charge in [0.15, 0.2) is 0 Å². The summed E-state index contributed by atoms with van der Waals surface area (Å²) < 4.78 is 0. The Balaban J connectivity index is 2.36. The monoisotopic (exact) mass is 254 g/mol. The van der Waals surface area contributed by atoms with Gasteiger partial charge < -0.3 is 5.32 Å². The number of rotatable bonds is 2. The molecule has 0 unspecified atom stereocenters. The van der Waals surface area contributed by atoms with Gasteiger partial charge >= 0.3 is 0 Å². The van der Waals surface area contributed by atoms with Gasteiger partial charge in [-0.25, -0.2) is 0 Å². The van der Waals surface area contributed by atoms with Crippen LogP contribution >= 0.6 is 0 Å². The molecule has 2 aromatic rings. The van der Waals surface area contributed by atoms with Crippen LogP contribution in [0.15, 0.2) is 12.1 Å². The van der Waals surface area contributed by atoms with E-state index < -0.39 is 0 Å². The predicted molar refractivity (Wildman–Crippen MR) is 82.0 cm³/mol. The van der Waals surface area contributed by atoms with E-state index >= 15 is 0 Å². The second kappa shape index (κ2) is 4.84. The summed E-state index contributed by atoms with van der Waals surface area (Å²) in [6, 6.07) is 4.57. The highest BCUT2D eigenvalue weighted by molar-refractivity contribution is 5.96. The Morgan fingerprint density at radius 3 is 2.74 bits per heavy atom. The summed E-state index contributed by atoms with van der Waals surface area (Å²) >= 11 is 0. The first-order valence-electron chi connectivity index (χ1n) is 7.38. The molecule has 0 amide bonds. The van der Waals surface area contributed by atoms with Crippen LogP contribution in [0, 0.1) is 6.92 Å². The van der Waals surface area contributed by atoms with Crippen molar-refractivity contribution in [1.29, 1.82) is 0 Å². The fraction of sp³-hybridized carbons (Fsp3) is 0.471. The fourth-order valence-electron chi connectivity index (χ4n) is 3.43. The molecule has 0 radical (unpaired) electrons. The molecule has 0 fully saturated rings. The normalized spacial score (nSPS) is 14.5. The van der Waals surface area contributed by atoms with Crippen molar-refractivity contribution < 1.29 is 0 Å². The Morgan fingerprint density at radius 2 is 2.00 bits per heavy atom. The van der Waals surface area contributed by atoms with Gasteiger partial charge in [0.25, 0.3) is 0 Å². The molecule has 0 spiro atoms. The Hall–Kier alpha value is -1.57. The van der Waals surface area contributed by atoms with E-state index in [1.807, 2.05) is 7.05 Å². The Labute approximate surface area is 115 Å². The lowest BCUT2D eigenvalue weighted by Gasteiger charge is -2.20. The zero-order valence-corrected chi connectivity index (χ0v) is 12.1. The third-order valence-electron chi connectivity index (χ3n) is 4.39. The standard InChI is InChI=1S/C17H22N2/c1-4-13-11(2)19-17-14-8-6-5-7-12(14)9-10-15(17)16(13)18-3/h9-10H,4-8H2,1-3H3,(H,18,19). The molecule has 100 valence electrons. The van der Waals surface area contributed by atoms with Gasteiger partial charge in [0.1, 0.15) is 0 Å². The van der Waals surface area contributed by atoms with Gasteiger partial charge in [-0.05, 0) is 55.7 Å². The van der Waals surface area contributed by atoms with Crippen LogP contribution in [-0.4, -0.2) is 12.0 Å². The van der Waals surface area contributed by atoms with Crippen molar-refractivity contribution in [3.8, 4) is 0 Å². The summed E-state index contributed by atoms with van der Waals surface area (Å²) in [7, 11) is 2.02. The average Bonchev–Trinajstić information content (AvgIpc) is 2.45. The topological polar surface area (TPSA) is 24.9 Å². The quantitative estimate of drug-likeness (QED) is 0.875. The molecular weight excluding hydrogens is 232 g/mol. The largest absolute Gasteiger partial charge is 0.387 e. The van der Waals surface area contributed by atoms with Gasteiger partial charge in [0.05, 0.1) is 5.52 Å². The maximum Gasteiger partial charge on any atom is 0.0760 e. The highest BCUT2D eigenvalue weighted by Gasteiger charge is 2.17. The van der Waals surface area contributed by atoms with E-state index in [1.165, 1.54) is 64.7 Å². The van der Waals surface area contributed by atoms with Gasteiger partial charge in [-0.1, -0.05) is 19.1 Å². The minimum absolute atomic E-state index is 1.03. The number of benzene rings is 1. The fourth-order valence-corrected chi connectivity index (χ4v) is 3.43. The number of fused-ring (bicyclic) bond motifs is 3. The molecule has 1 heterocycles. The molecule has 2 nitrogen and oxygen atoms in total. The summed E-state index contributed by atoms with van der Waals surface area (Å²) in [5.41, 5.74) is 8.04. The highest BCUT2D eigenvalue weighted by atomic mass is 14.8. The highest BCUT2D eigenvalue weighted by Crippen LogP contribution is 2.34. The predicted octanol–water partition coefficient (Wildman–Crippen LogP) is 4.03. The first-order valence-corrected chi connectivity index (χ1v) is 7.38. The second-order valence-corrected chi connectivity index (χ2v) is 5.46. The number of nitrogens with zero attached hydrogens (tertiary/aromatic N) is 1. The number of nitrogens with one attached hydrogen (secondary N) is 1. The van der Waals surface area contributed by atoms with Crippen LogP contribution in [0.5, 0.6) is 0 Å². The molecule has 0 bridgehead atoms. The smallest absolute Gasteiger partial charge is 0.0760 e. The molecule has 0 atom stereocenters. The summed E-state index contributed by atoms with van der Waals surface area (Å²) in [5.74, 6) is 0. The van der Waals surface area contributed by atoms with Crippen molar-refractivity contribution in [2.24, 2.45) is 0 Å². The van der Waals surface area contributed by atoms with E-state index in [-0.39, 0.29) is 0 Å². The number of aromatic nitrogens is 1. The van der Waals surface area contributed by atoms with Crippen molar-refractivity contribution in [2.75, 3.05) is 12.4 Å². The van der Waals surface area contributed by atoms with Crippen molar-refractivity contribution in [3.05, 3.63) is 34.5 Å². The van der Waals surface area contributed by atoms with E-state index in [4.69, 9.17) is 4.98 Å². The maximum atomic E-state index is 4.93. The van der Waals surface area contributed by atoms with E-state index in [2.05, 4.69) is 31.3 Å². The second-order valence-electron chi connectivity index (χ2n) is 5.46. The average molecular weight is 254 g/mol. The van der Waals surface area contributed by atoms with Crippen LogP contribution in [0.1, 0.15) is 42.1 Å². The lowest BCUT2D eigenvalue weighted by Crippen LogP contribution is -2.07. The molecule has 0 saturated carbocycles. The van der Waals surface area contributed by atoms with Crippen molar-refractivity contribution >= 4 is 16.6 Å². The number of pyridine rings is 1. The minimum Gasteiger partial charge on any atom is -0.387 e. The first kappa shape index (κ1) is 12.5. The van der Waals surface area contributed by atoms with Crippen LogP contribution in [0.25, 0.3) is 10.9 Å². The third kappa shape index (κ3) is 1.90. The zero-order valence-electron chi connectivity index (χ0n) is 12.1. The molecule has 1 aromatic carbocycles. The van der Waals surface area contributed by atoms with Gasteiger partial charge in [-0.15, -0.1) is 0 Å². The number of hydrogen-bond donors (Lipinski definition) is 1. The Kier molecular flexibility index (Phi) is 3.17. The van der Waals surface area contributed by atoms with Crippen molar-refractivity contribution in [3.63, 3.8) is 0 Å². The summed E-state index contributed by atoms with van der Waals surface area (Å²) in [4.78, 5) is 4.93. The van der Waals surface area contributed by atoms with Gasteiger partial charge in [-0.3, -0.25) is 4.98 Å². The molecular formula is C17H22N2. The third-order valence-corrected chi connectivity index (χ3v) is 4.39. The van der Waals surface area contributed by atoms with E-state index in [1.54, 1.807) is 0 Å². The zero-order chi connectivity index (χ0) is 13.4. The Morgan fingerprint density at radius 1 is 1.21 bits per heavy atom. The molecule has 1 aliphatic rings. The van der Waals surface area contributed by atoms with E-state index in [0.29, 0.717) is 0 Å². The number of hydrogen-bond acceptors (Lipinski definition) is 2. The summed E-state index contributed by atoms with van der Waals surface area (Å²) in [6.45, 7) is 4.34. The first-order chi connectivity index (χ1) is 9.26. The Bertz CT molecular complexity index is 629. The lowest BCUT2D eigenvalue weighted by molar-refractivity contribution is 0.689. The number of aryl methyl sites for hydroxylation is 3. The maximum absolute atomic E-state index is 4.93. The van der Waals surface area contributed by atoms with E-state index in [9.17, 15) is 0 Å². The van der Waals surface area contributed by atoms with Gasteiger partial charge in [0, 0.05) is 23.8 Å². The molecule has 1 N–H and O–H groups in total. The van der Waals surface area contributed by atoms with Crippen LogP contribution in [0.4, 0.5) is 5.69 Å². The molecule has 1 aliphatic carbocycles. The summed E-state index contributed by atoms with van der Waals surface area (Å²) in [5, 5.41) is 4.69. The van der Waals surface area contributed by atoms with Gasteiger partial charge in [-0.2, -0.15) is 0 Å². The van der Waals surface area contributed by atoms with Crippen LogP contribution < -0.4 is 5.32 Å².